The molecular weight excluding hydrogens is 444 g/mol. The Morgan fingerprint density at radius 1 is 0.971 bits per heavy atom. The van der Waals surface area contributed by atoms with Crippen molar-refractivity contribution in [2.75, 3.05) is 17.2 Å². The molecule has 2 aromatic heterocycles. The average Bonchev–Trinajstić information content (AvgIpc) is 3.22. The van der Waals surface area contributed by atoms with E-state index in [4.69, 9.17) is 0 Å². The molecule has 0 atom stereocenters. The highest BCUT2D eigenvalue weighted by Crippen LogP contribution is 2.24. The van der Waals surface area contributed by atoms with Crippen LogP contribution in [0, 0.1) is 6.92 Å². The Hall–Kier alpha value is -4.53. The van der Waals surface area contributed by atoms with Gasteiger partial charge in [0.25, 0.3) is 11.8 Å². The Morgan fingerprint density at radius 2 is 1.83 bits per heavy atom. The molecule has 0 saturated heterocycles. The van der Waals surface area contributed by atoms with E-state index in [9.17, 15) is 14.4 Å². The highest BCUT2D eigenvalue weighted by Gasteiger charge is 2.23. The molecule has 3 N–H and O–H groups in total. The molecule has 176 valence electrons. The first-order valence-corrected chi connectivity index (χ1v) is 11.3. The molecule has 0 spiro atoms. The maximum absolute atomic E-state index is 13.1. The molecule has 0 aliphatic carbocycles. The van der Waals surface area contributed by atoms with Gasteiger partial charge in [-0.1, -0.05) is 12.1 Å². The van der Waals surface area contributed by atoms with Crippen LogP contribution in [0.1, 0.15) is 44.5 Å². The number of nitrogens with one attached hydrogen (secondary N) is 3. The van der Waals surface area contributed by atoms with Gasteiger partial charge in [-0.3, -0.25) is 19.5 Å². The largest absolute Gasteiger partial charge is 0.334 e. The third-order valence-electron chi connectivity index (χ3n) is 6.06. The van der Waals surface area contributed by atoms with Crippen LogP contribution in [0.2, 0.25) is 0 Å². The molecule has 0 radical (unpaired) electrons. The van der Waals surface area contributed by atoms with E-state index in [2.05, 4.69) is 25.8 Å². The Bertz CT molecular complexity index is 1480. The van der Waals surface area contributed by atoms with Gasteiger partial charge in [0, 0.05) is 47.9 Å². The molecule has 3 amide bonds. The lowest BCUT2D eigenvalue weighted by atomic mass is 9.96. The van der Waals surface area contributed by atoms with Crippen molar-refractivity contribution < 1.29 is 14.4 Å². The number of anilines is 2. The molecular formula is C26H24N6O3. The first kappa shape index (κ1) is 22.3. The van der Waals surface area contributed by atoms with Crippen molar-refractivity contribution in [3.63, 3.8) is 0 Å². The minimum absolute atomic E-state index is 0.118. The zero-order chi connectivity index (χ0) is 24.5. The van der Waals surface area contributed by atoms with Crippen molar-refractivity contribution in [2.45, 2.75) is 26.8 Å². The predicted molar refractivity (Wildman–Crippen MR) is 132 cm³/mol. The number of H-pyrrole nitrogens is 1. The number of aromatic amines is 1. The van der Waals surface area contributed by atoms with Crippen molar-refractivity contribution in [1.82, 2.24) is 20.1 Å². The summed E-state index contributed by atoms with van der Waals surface area (Å²) in [5.41, 5.74) is 5.72. The molecule has 3 heterocycles. The number of rotatable bonds is 4. The van der Waals surface area contributed by atoms with E-state index < -0.39 is 0 Å². The van der Waals surface area contributed by atoms with E-state index in [0.29, 0.717) is 47.7 Å². The van der Waals surface area contributed by atoms with Gasteiger partial charge in [0.15, 0.2) is 5.65 Å². The smallest absolute Gasteiger partial charge is 0.255 e. The number of carbonyl (C=O) groups excluding carboxylic acids is 3. The van der Waals surface area contributed by atoms with Gasteiger partial charge in [-0.25, -0.2) is 4.98 Å². The molecule has 9 heteroatoms. The van der Waals surface area contributed by atoms with Crippen LogP contribution in [0.15, 0.2) is 54.7 Å². The number of aryl methyl sites for hydroxylation is 1. The Labute approximate surface area is 201 Å². The molecule has 0 fully saturated rings. The van der Waals surface area contributed by atoms with Crippen LogP contribution in [-0.4, -0.2) is 44.3 Å². The molecule has 0 saturated carbocycles. The first-order valence-electron chi connectivity index (χ1n) is 11.3. The fraction of sp³-hybridized carbons (Fsp3) is 0.192. The average molecular weight is 469 g/mol. The minimum Gasteiger partial charge on any atom is -0.334 e. The fourth-order valence-electron chi connectivity index (χ4n) is 4.28. The zero-order valence-electron chi connectivity index (χ0n) is 19.4. The number of hydrogen-bond donors (Lipinski definition) is 3. The van der Waals surface area contributed by atoms with Gasteiger partial charge in [-0.05, 0) is 60.9 Å². The number of fused-ring (bicyclic) bond motifs is 2. The summed E-state index contributed by atoms with van der Waals surface area (Å²) in [4.78, 5) is 43.5. The van der Waals surface area contributed by atoms with Crippen LogP contribution in [0.25, 0.3) is 11.0 Å². The number of hydrogen-bond acceptors (Lipinski definition) is 5. The summed E-state index contributed by atoms with van der Waals surface area (Å²) >= 11 is 0. The SMILES string of the molecule is CC(=O)Nc1cccc(C(=O)N2CCc3ccc(C(=O)Nc4cnc5n[nH]c(C)c5c4)cc3C2)c1. The summed E-state index contributed by atoms with van der Waals surface area (Å²) in [6.45, 7) is 4.31. The van der Waals surface area contributed by atoms with E-state index >= 15 is 0 Å². The maximum Gasteiger partial charge on any atom is 0.255 e. The van der Waals surface area contributed by atoms with Crippen LogP contribution in [-0.2, 0) is 17.8 Å². The molecule has 5 rings (SSSR count). The Morgan fingerprint density at radius 3 is 2.66 bits per heavy atom. The lowest BCUT2D eigenvalue weighted by molar-refractivity contribution is -0.114. The number of nitrogens with zero attached hydrogens (tertiary/aromatic N) is 3. The third kappa shape index (κ3) is 4.61. The highest BCUT2D eigenvalue weighted by molar-refractivity contribution is 6.05. The van der Waals surface area contributed by atoms with Crippen LogP contribution >= 0.6 is 0 Å². The number of pyridine rings is 1. The molecule has 0 unspecified atom stereocenters. The van der Waals surface area contributed by atoms with Gasteiger partial charge < -0.3 is 15.5 Å². The highest BCUT2D eigenvalue weighted by atomic mass is 16.2. The lowest BCUT2D eigenvalue weighted by Crippen LogP contribution is -2.36. The second-order valence-electron chi connectivity index (χ2n) is 8.62. The van der Waals surface area contributed by atoms with Crippen molar-refractivity contribution >= 4 is 40.1 Å². The molecule has 0 bridgehead atoms. The predicted octanol–water partition coefficient (Wildman–Crippen LogP) is 3.68. The van der Waals surface area contributed by atoms with Crippen molar-refractivity contribution in [3.8, 4) is 0 Å². The van der Waals surface area contributed by atoms with Gasteiger partial charge in [0.2, 0.25) is 5.91 Å². The summed E-state index contributed by atoms with van der Waals surface area (Å²) in [5.74, 6) is -0.558. The second-order valence-corrected chi connectivity index (χ2v) is 8.62. The fourth-order valence-corrected chi connectivity index (χ4v) is 4.28. The van der Waals surface area contributed by atoms with Crippen LogP contribution < -0.4 is 10.6 Å². The number of benzene rings is 2. The van der Waals surface area contributed by atoms with Crippen LogP contribution in [0.3, 0.4) is 0 Å². The topological polar surface area (TPSA) is 120 Å². The summed E-state index contributed by atoms with van der Waals surface area (Å²) in [6.07, 6.45) is 2.28. The van der Waals surface area contributed by atoms with Crippen molar-refractivity contribution in [3.05, 3.63) is 82.7 Å². The quantitative estimate of drug-likeness (QED) is 0.422. The normalized spacial score (nSPS) is 12.8. The van der Waals surface area contributed by atoms with Gasteiger partial charge in [0.05, 0.1) is 11.9 Å². The lowest BCUT2D eigenvalue weighted by Gasteiger charge is -2.29. The van der Waals surface area contributed by atoms with E-state index in [1.54, 1.807) is 41.4 Å². The van der Waals surface area contributed by atoms with Crippen LogP contribution in [0.5, 0.6) is 0 Å². The zero-order valence-corrected chi connectivity index (χ0v) is 19.4. The molecule has 1 aliphatic heterocycles. The van der Waals surface area contributed by atoms with E-state index in [1.165, 1.54) is 6.92 Å². The molecule has 9 nitrogen and oxygen atoms in total. The summed E-state index contributed by atoms with van der Waals surface area (Å²) < 4.78 is 0. The van der Waals surface area contributed by atoms with E-state index in [1.807, 2.05) is 25.1 Å². The van der Waals surface area contributed by atoms with Gasteiger partial charge in [-0.2, -0.15) is 5.10 Å². The van der Waals surface area contributed by atoms with Gasteiger partial charge >= 0.3 is 0 Å². The third-order valence-corrected chi connectivity index (χ3v) is 6.06. The molecule has 4 aromatic rings. The van der Waals surface area contributed by atoms with E-state index in [-0.39, 0.29) is 17.7 Å². The van der Waals surface area contributed by atoms with Gasteiger partial charge in [-0.15, -0.1) is 0 Å². The monoisotopic (exact) mass is 468 g/mol. The minimum atomic E-state index is -0.249. The van der Waals surface area contributed by atoms with Crippen molar-refractivity contribution in [1.29, 1.82) is 0 Å². The second kappa shape index (κ2) is 9.02. The Kier molecular flexibility index (Phi) is 5.74. The Balaban J connectivity index is 1.32. The van der Waals surface area contributed by atoms with Crippen molar-refractivity contribution in [2.24, 2.45) is 0 Å². The summed E-state index contributed by atoms with van der Waals surface area (Å²) in [6, 6.07) is 14.3. The van der Waals surface area contributed by atoms with E-state index in [0.717, 1.165) is 22.2 Å². The summed E-state index contributed by atoms with van der Waals surface area (Å²) in [7, 11) is 0. The maximum atomic E-state index is 13.1. The standard InChI is InChI=1S/C26H24N6O3/c1-15-23-12-22(13-27-24(23)31-30-15)29-25(34)18-7-6-17-8-9-32(14-20(17)10-18)26(35)19-4-3-5-21(11-19)28-16(2)33/h3-7,10-13H,8-9,14H2,1-2H3,(H,28,33)(H,29,34)(H,27,30,31). The first-order chi connectivity index (χ1) is 16.9. The van der Waals surface area contributed by atoms with Gasteiger partial charge in [0.1, 0.15) is 0 Å². The molecule has 2 aromatic carbocycles. The van der Waals surface area contributed by atoms with Crippen LogP contribution in [0.4, 0.5) is 11.4 Å². The number of aromatic nitrogens is 3. The number of amides is 3. The summed E-state index contributed by atoms with van der Waals surface area (Å²) in [5, 5.41) is 13.4. The molecule has 1 aliphatic rings. The number of carbonyl (C=O) groups is 3. The molecule has 35 heavy (non-hydrogen) atoms.